The fourth-order valence-corrected chi connectivity index (χ4v) is 0.772. The average molecular weight is 155 g/mol. The summed E-state index contributed by atoms with van der Waals surface area (Å²) in [5.41, 5.74) is 2.59. The largest absolute Gasteiger partial charge is 0.481 e. The maximum atomic E-state index is 10.2. The van der Waals surface area contributed by atoms with Gasteiger partial charge in [-0.2, -0.15) is 0 Å². The minimum Gasteiger partial charge on any atom is -0.481 e. The van der Waals surface area contributed by atoms with Crippen LogP contribution in [-0.4, -0.2) is 17.1 Å². The zero-order valence-corrected chi connectivity index (χ0v) is 5.91. The van der Waals surface area contributed by atoms with E-state index in [0.29, 0.717) is 5.76 Å². The predicted molar refractivity (Wildman–Crippen MR) is 38.5 cm³/mol. The molecule has 1 heterocycles. The molecule has 1 rings (SSSR count). The highest BCUT2D eigenvalue weighted by Gasteiger charge is 2.15. The smallest absolute Gasteiger partial charge is 0.311 e. The molecule has 1 atom stereocenters. The third-order valence-electron chi connectivity index (χ3n) is 1.27. The second-order valence-electron chi connectivity index (χ2n) is 2.18. The Morgan fingerprint density at radius 2 is 2.73 bits per heavy atom. The van der Waals surface area contributed by atoms with Gasteiger partial charge in [0, 0.05) is 0 Å². The number of nitrogens with one attached hydrogen (secondary N) is 1. The molecule has 60 valence electrons. The molecule has 2 N–H and O–H groups in total. The Balaban J connectivity index is 2.48. The summed E-state index contributed by atoms with van der Waals surface area (Å²) in [5.74, 6) is -0.467. The molecule has 0 saturated heterocycles. The molecule has 1 aliphatic heterocycles. The van der Waals surface area contributed by atoms with E-state index in [1.807, 2.05) is 0 Å². The van der Waals surface area contributed by atoms with Crippen molar-refractivity contribution in [2.45, 2.75) is 12.5 Å². The molecule has 4 nitrogen and oxygen atoms in total. The summed E-state index contributed by atoms with van der Waals surface area (Å²) < 4.78 is 0. The van der Waals surface area contributed by atoms with Gasteiger partial charge in [-0.3, -0.25) is 4.79 Å². The summed E-state index contributed by atoms with van der Waals surface area (Å²) in [7, 11) is 0. The van der Waals surface area contributed by atoms with Gasteiger partial charge in [0.2, 0.25) is 0 Å². The van der Waals surface area contributed by atoms with E-state index in [0.717, 1.165) is 0 Å². The number of hydrogen-bond donors (Lipinski definition) is 2. The van der Waals surface area contributed by atoms with Gasteiger partial charge >= 0.3 is 5.97 Å². The quantitative estimate of drug-likeness (QED) is 0.580. The van der Waals surface area contributed by atoms with Gasteiger partial charge in [-0.1, -0.05) is 6.08 Å². The second kappa shape index (κ2) is 3.21. The molecule has 11 heavy (non-hydrogen) atoms. The van der Waals surface area contributed by atoms with Crippen LogP contribution in [0.1, 0.15) is 6.42 Å². The molecule has 0 radical (unpaired) electrons. The normalized spacial score (nSPS) is 22.2. The van der Waals surface area contributed by atoms with Crippen LogP contribution in [0.3, 0.4) is 0 Å². The van der Waals surface area contributed by atoms with Crippen molar-refractivity contribution in [3.05, 3.63) is 24.5 Å². The number of carboxylic acid groups (broad SMARTS) is 1. The fraction of sp³-hybridized carbons (Fsp3) is 0.286. The SMILES string of the molecule is C=CC1C=C(CC(=O)O)ON1. The van der Waals surface area contributed by atoms with E-state index >= 15 is 0 Å². The molecule has 0 spiro atoms. The van der Waals surface area contributed by atoms with Gasteiger partial charge in [0.05, 0.1) is 6.04 Å². The summed E-state index contributed by atoms with van der Waals surface area (Å²) in [6.07, 6.45) is 3.23. The van der Waals surface area contributed by atoms with Gasteiger partial charge in [-0.15, -0.1) is 12.1 Å². The Morgan fingerprint density at radius 1 is 2.00 bits per heavy atom. The van der Waals surface area contributed by atoms with E-state index in [-0.39, 0.29) is 12.5 Å². The molecule has 0 aromatic carbocycles. The second-order valence-corrected chi connectivity index (χ2v) is 2.18. The van der Waals surface area contributed by atoms with Gasteiger partial charge in [-0.25, -0.2) is 0 Å². The van der Waals surface area contributed by atoms with Crippen molar-refractivity contribution in [1.82, 2.24) is 5.48 Å². The van der Waals surface area contributed by atoms with Crippen LogP contribution in [-0.2, 0) is 9.63 Å². The first-order chi connectivity index (χ1) is 5.22. The minimum atomic E-state index is -0.900. The Morgan fingerprint density at radius 3 is 3.18 bits per heavy atom. The number of rotatable bonds is 3. The number of carboxylic acids is 1. The molecular weight excluding hydrogens is 146 g/mol. The van der Waals surface area contributed by atoms with Crippen LogP contribution in [0, 0.1) is 0 Å². The number of carbonyl (C=O) groups is 1. The minimum absolute atomic E-state index is 0.0654. The highest BCUT2D eigenvalue weighted by molar-refractivity contribution is 5.69. The van der Waals surface area contributed by atoms with Gasteiger partial charge in [0.15, 0.2) is 0 Å². The van der Waals surface area contributed by atoms with Gasteiger partial charge in [0.25, 0.3) is 0 Å². The van der Waals surface area contributed by atoms with Crippen molar-refractivity contribution < 1.29 is 14.7 Å². The summed E-state index contributed by atoms with van der Waals surface area (Å²) in [6, 6.07) is -0.0654. The van der Waals surface area contributed by atoms with Gasteiger partial charge in [0.1, 0.15) is 12.2 Å². The van der Waals surface area contributed by atoms with Crippen LogP contribution in [0.2, 0.25) is 0 Å². The number of hydrogen-bond acceptors (Lipinski definition) is 3. The standard InChI is InChI=1S/C7H9NO3/c1-2-5-3-6(11-8-5)4-7(9)10/h2-3,5,8H,1,4H2,(H,9,10). The van der Waals surface area contributed by atoms with Crippen LogP contribution < -0.4 is 5.48 Å². The third-order valence-corrected chi connectivity index (χ3v) is 1.27. The predicted octanol–water partition coefficient (Wildman–Crippen LogP) is 0.434. The number of hydroxylamine groups is 1. The first-order valence-corrected chi connectivity index (χ1v) is 3.20. The maximum Gasteiger partial charge on any atom is 0.311 e. The van der Waals surface area contributed by atoms with E-state index in [2.05, 4.69) is 12.1 Å². The zero-order chi connectivity index (χ0) is 8.27. The third kappa shape index (κ3) is 2.09. The maximum absolute atomic E-state index is 10.2. The Kier molecular flexibility index (Phi) is 2.28. The highest BCUT2D eigenvalue weighted by atomic mass is 16.7. The first kappa shape index (κ1) is 7.81. The van der Waals surface area contributed by atoms with Crippen LogP contribution in [0.5, 0.6) is 0 Å². The summed E-state index contributed by atoms with van der Waals surface area (Å²) in [4.78, 5) is 15.0. The molecule has 0 amide bonds. The fourth-order valence-electron chi connectivity index (χ4n) is 0.772. The van der Waals surface area contributed by atoms with Crippen LogP contribution >= 0.6 is 0 Å². The van der Waals surface area contributed by atoms with E-state index in [1.54, 1.807) is 12.2 Å². The highest BCUT2D eigenvalue weighted by Crippen LogP contribution is 2.10. The van der Waals surface area contributed by atoms with Crippen molar-refractivity contribution in [1.29, 1.82) is 0 Å². The molecule has 0 aromatic rings. The van der Waals surface area contributed by atoms with Crippen molar-refractivity contribution in [3.8, 4) is 0 Å². The lowest BCUT2D eigenvalue weighted by atomic mass is 10.2. The summed E-state index contributed by atoms with van der Waals surface area (Å²) in [6.45, 7) is 3.52. The Hall–Kier alpha value is -1.29. The lowest BCUT2D eigenvalue weighted by Gasteiger charge is -1.99. The van der Waals surface area contributed by atoms with E-state index in [9.17, 15) is 4.79 Å². The Bertz CT molecular complexity index is 210. The molecular formula is C7H9NO3. The van der Waals surface area contributed by atoms with Gasteiger partial charge in [-0.05, 0) is 6.08 Å². The lowest BCUT2D eigenvalue weighted by Crippen LogP contribution is -2.17. The lowest BCUT2D eigenvalue weighted by molar-refractivity contribution is -0.137. The Labute approximate surface area is 64.1 Å². The molecule has 0 aromatic heterocycles. The molecule has 0 fully saturated rings. The molecule has 0 saturated carbocycles. The van der Waals surface area contributed by atoms with Crippen LogP contribution in [0.15, 0.2) is 24.5 Å². The van der Waals surface area contributed by atoms with Crippen molar-refractivity contribution in [2.75, 3.05) is 0 Å². The average Bonchev–Trinajstić information content (AvgIpc) is 2.34. The topological polar surface area (TPSA) is 58.6 Å². The van der Waals surface area contributed by atoms with Crippen molar-refractivity contribution >= 4 is 5.97 Å². The monoisotopic (exact) mass is 155 g/mol. The van der Waals surface area contributed by atoms with Crippen LogP contribution in [0.4, 0.5) is 0 Å². The summed E-state index contributed by atoms with van der Waals surface area (Å²) >= 11 is 0. The summed E-state index contributed by atoms with van der Waals surface area (Å²) in [5, 5.41) is 8.36. The number of aliphatic carboxylic acids is 1. The molecule has 1 unspecified atom stereocenters. The first-order valence-electron chi connectivity index (χ1n) is 3.20. The van der Waals surface area contributed by atoms with Crippen LogP contribution in [0.25, 0.3) is 0 Å². The van der Waals surface area contributed by atoms with Crippen molar-refractivity contribution in [3.63, 3.8) is 0 Å². The van der Waals surface area contributed by atoms with E-state index < -0.39 is 5.97 Å². The molecule has 0 aliphatic carbocycles. The molecule has 4 heteroatoms. The molecule has 0 bridgehead atoms. The van der Waals surface area contributed by atoms with Gasteiger partial charge < -0.3 is 9.94 Å². The van der Waals surface area contributed by atoms with Crippen molar-refractivity contribution in [2.24, 2.45) is 0 Å². The van der Waals surface area contributed by atoms with E-state index in [1.165, 1.54) is 0 Å². The van der Waals surface area contributed by atoms with E-state index in [4.69, 9.17) is 9.94 Å². The zero-order valence-electron chi connectivity index (χ0n) is 5.91. The molecule has 1 aliphatic rings.